The molecule has 0 saturated heterocycles. The van der Waals surface area contributed by atoms with Crippen LogP contribution >= 0.6 is 11.6 Å². The van der Waals surface area contributed by atoms with Crippen molar-refractivity contribution in [2.45, 2.75) is 26.9 Å². The van der Waals surface area contributed by atoms with Crippen LogP contribution < -0.4 is 16.4 Å². The van der Waals surface area contributed by atoms with Crippen molar-refractivity contribution >= 4 is 34.2 Å². The van der Waals surface area contributed by atoms with Gasteiger partial charge in [-0.2, -0.15) is 10.2 Å². The highest BCUT2D eigenvalue weighted by Crippen LogP contribution is 2.21. The van der Waals surface area contributed by atoms with Crippen LogP contribution in [-0.4, -0.2) is 31.4 Å². The van der Waals surface area contributed by atoms with Gasteiger partial charge in [0.15, 0.2) is 5.69 Å². The van der Waals surface area contributed by atoms with Gasteiger partial charge in [0.1, 0.15) is 10.7 Å². The summed E-state index contributed by atoms with van der Waals surface area (Å²) in [5, 5.41) is 9.42. The van der Waals surface area contributed by atoms with Crippen molar-refractivity contribution < 1.29 is 9.59 Å². The number of carbonyl (C=O) groups is 2. The van der Waals surface area contributed by atoms with Gasteiger partial charge in [0.2, 0.25) is 0 Å². The molecule has 33 heavy (non-hydrogen) atoms. The highest BCUT2D eigenvalue weighted by Gasteiger charge is 2.22. The first-order valence-corrected chi connectivity index (χ1v) is 10.7. The van der Waals surface area contributed by atoms with E-state index in [1.54, 1.807) is 38.1 Å². The largest absolute Gasteiger partial charge is 0.290 e. The van der Waals surface area contributed by atoms with Gasteiger partial charge >= 0.3 is 0 Å². The van der Waals surface area contributed by atoms with Gasteiger partial charge < -0.3 is 0 Å². The van der Waals surface area contributed by atoms with Crippen LogP contribution in [0.15, 0.2) is 59.4 Å². The van der Waals surface area contributed by atoms with Crippen LogP contribution in [0.25, 0.3) is 10.8 Å². The standard InChI is InChI=1S/C23H21ClN6O3/c1-3-29-23(33)17-12-8-7-11-16(17)19(28-29)22(32)26-25-21(31)18-14(2)27-30(20(18)24)13-15-9-5-4-6-10-15/h4-12H,3,13H2,1-2H3,(H,25,31)(H,26,32). The third-order valence-electron chi connectivity index (χ3n) is 5.14. The molecule has 2 amide bonds. The van der Waals surface area contributed by atoms with Crippen molar-refractivity contribution in [1.82, 2.24) is 30.4 Å². The van der Waals surface area contributed by atoms with Crippen molar-refractivity contribution in [3.63, 3.8) is 0 Å². The summed E-state index contributed by atoms with van der Waals surface area (Å²) in [7, 11) is 0. The number of benzene rings is 2. The molecule has 0 aliphatic rings. The van der Waals surface area contributed by atoms with Gasteiger partial charge in [-0.05, 0) is 25.5 Å². The molecule has 0 spiro atoms. The Morgan fingerprint density at radius 1 is 0.909 bits per heavy atom. The lowest BCUT2D eigenvalue weighted by Gasteiger charge is -2.11. The number of hydrogen-bond donors (Lipinski definition) is 2. The molecule has 4 rings (SSSR count). The van der Waals surface area contributed by atoms with Crippen molar-refractivity contribution in [1.29, 1.82) is 0 Å². The van der Waals surface area contributed by atoms with Gasteiger partial charge in [-0.25, -0.2) is 9.36 Å². The van der Waals surface area contributed by atoms with Gasteiger partial charge in [0.05, 0.1) is 17.6 Å². The molecule has 0 aliphatic heterocycles. The average molecular weight is 465 g/mol. The van der Waals surface area contributed by atoms with E-state index < -0.39 is 11.8 Å². The second-order valence-electron chi connectivity index (χ2n) is 7.32. The monoisotopic (exact) mass is 464 g/mol. The fourth-order valence-corrected chi connectivity index (χ4v) is 3.84. The van der Waals surface area contributed by atoms with Gasteiger partial charge in [0.25, 0.3) is 17.4 Å². The SMILES string of the molecule is CCn1nc(C(=O)NNC(=O)c2c(C)nn(Cc3ccccc3)c2Cl)c2ccccc2c1=O. The molecule has 168 valence electrons. The number of nitrogens with one attached hydrogen (secondary N) is 2. The summed E-state index contributed by atoms with van der Waals surface area (Å²) < 4.78 is 2.73. The van der Waals surface area contributed by atoms with Gasteiger partial charge in [0, 0.05) is 11.9 Å². The number of fused-ring (bicyclic) bond motifs is 1. The van der Waals surface area contributed by atoms with Crippen molar-refractivity contribution in [3.05, 3.63) is 92.6 Å². The molecule has 0 radical (unpaired) electrons. The lowest BCUT2D eigenvalue weighted by atomic mass is 10.1. The minimum absolute atomic E-state index is 0.0231. The number of aryl methyl sites for hydroxylation is 2. The van der Waals surface area contributed by atoms with E-state index in [0.29, 0.717) is 29.6 Å². The number of aromatic nitrogens is 4. The van der Waals surface area contributed by atoms with Crippen LogP contribution in [0.5, 0.6) is 0 Å². The second-order valence-corrected chi connectivity index (χ2v) is 7.68. The Hall–Kier alpha value is -3.98. The molecule has 0 unspecified atom stereocenters. The summed E-state index contributed by atoms with van der Waals surface area (Å²) in [4.78, 5) is 38.1. The Labute approximate surface area is 193 Å². The number of carbonyl (C=O) groups excluding carboxylic acids is 2. The molecule has 2 N–H and O–H groups in total. The van der Waals surface area contributed by atoms with Crippen molar-refractivity contribution in [2.75, 3.05) is 0 Å². The van der Waals surface area contributed by atoms with E-state index in [2.05, 4.69) is 21.0 Å². The van der Waals surface area contributed by atoms with Crippen LogP contribution in [0.3, 0.4) is 0 Å². The number of rotatable bonds is 5. The molecule has 0 bridgehead atoms. The Bertz CT molecular complexity index is 1410. The lowest BCUT2D eigenvalue weighted by Crippen LogP contribution is -2.43. The Morgan fingerprint density at radius 3 is 2.24 bits per heavy atom. The highest BCUT2D eigenvalue weighted by molar-refractivity contribution is 6.33. The predicted octanol–water partition coefficient (Wildman–Crippen LogP) is 2.70. The van der Waals surface area contributed by atoms with Crippen LogP contribution in [0, 0.1) is 6.92 Å². The molecular formula is C23H21ClN6O3. The summed E-state index contributed by atoms with van der Waals surface area (Å²) in [6, 6.07) is 16.3. The van der Waals surface area contributed by atoms with Gasteiger partial charge in [-0.1, -0.05) is 60.1 Å². The predicted molar refractivity (Wildman–Crippen MR) is 124 cm³/mol. The number of nitrogens with zero attached hydrogens (tertiary/aromatic N) is 4. The fraction of sp³-hybridized carbons (Fsp3) is 0.174. The lowest BCUT2D eigenvalue weighted by molar-refractivity contribution is 0.0843. The van der Waals surface area contributed by atoms with E-state index in [1.165, 1.54) is 9.36 Å². The summed E-state index contributed by atoms with van der Waals surface area (Å²) in [5.74, 6) is -1.27. The maximum absolute atomic E-state index is 12.8. The molecule has 4 aromatic rings. The summed E-state index contributed by atoms with van der Waals surface area (Å²) in [6.07, 6.45) is 0. The Kier molecular flexibility index (Phi) is 6.23. The van der Waals surface area contributed by atoms with E-state index in [9.17, 15) is 14.4 Å². The molecule has 0 fully saturated rings. The minimum atomic E-state index is -0.660. The topological polar surface area (TPSA) is 111 Å². The zero-order valence-electron chi connectivity index (χ0n) is 18.0. The van der Waals surface area contributed by atoms with E-state index in [0.717, 1.165) is 5.56 Å². The third kappa shape index (κ3) is 4.35. The number of halogens is 1. The molecule has 2 aromatic carbocycles. The summed E-state index contributed by atoms with van der Waals surface area (Å²) in [6.45, 7) is 4.11. The molecule has 10 heteroatoms. The molecule has 0 atom stereocenters. The van der Waals surface area contributed by atoms with Crippen LogP contribution in [-0.2, 0) is 13.1 Å². The number of amides is 2. The minimum Gasteiger partial charge on any atom is -0.267 e. The Balaban J connectivity index is 1.55. The smallest absolute Gasteiger partial charge is 0.267 e. The second kappa shape index (κ2) is 9.25. The number of hydrazine groups is 1. The first kappa shape index (κ1) is 22.2. The maximum Gasteiger partial charge on any atom is 0.290 e. The zero-order valence-corrected chi connectivity index (χ0v) is 18.8. The first-order valence-electron chi connectivity index (χ1n) is 10.3. The van der Waals surface area contributed by atoms with E-state index >= 15 is 0 Å². The first-order chi connectivity index (χ1) is 15.9. The normalized spacial score (nSPS) is 10.9. The zero-order chi connectivity index (χ0) is 23.5. The molecule has 2 aromatic heterocycles. The fourth-order valence-electron chi connectivity index (χ4n) is 3.52. The van der Waals surface area contributed by atoms with Crippen LogP contribution in [0.4, 0.5) is 0 Å². The van der Waals surface area contributed by atoms with Crippen molar-refractivity contribution in [3.8, 4) is 0 Å². The summed E-state index contributed by atoms with van der Waals surface area (Å²) >= 11 is 6.42. The third-order valence-corrected chi connectivity index (χ3v) is 5.52. The average Bonchev–Trinajstić information content (AvgIpc) is 3.11. The quantitative estimate of drug-likeness (QED) is 0.441. The molecule has 0 saturated carbocycles. The number of hydrogen-bond acceptors (Lipinski definition) is 5. The molecule has 2 heterocycles. The van der Waals surface area contributed by atoms with E-state index in [1.807, 2.05) is 30.3 Å². The highest BCUT2D eigenvalue weighted by atomic mass is 35.5. The molecule has 9 nitrogen and oxygen atoms in total. The van der Waals surface area contributed by atoms with Crippen molar-refractivity contribution in [2.24, 2.45) is 0 Å². The van der Waals surface area contributed by atoms with Gasteiger partial charge in [-0.15, -0.1) is 0 Å². The van der Waals surface area contributed by atoms with Crippen LogP contribution in [0.1, 0.15) is 39.0 Å². The van der Waals surface area contributed by atoms with E-state index in [4.69, 9.17) is 11.6 Å². The maximum atomic E-state index is 12.8. The Morgan fingerprint density at radius 2 is 1.55 bits per heavy atom. The van der Waals surface area contributed by atoms with Crippen LogP contribution in [0.2, 0.25) is 5.15 Å². The molecule has 0 aliphatic carbocycles. The molecular weight excluding hydrogens is 444 g/mol. The van der Waals surface area contributed by atoms with E-state index in [-0.39, 0.29) is 22.0 Å². The van der Waals surface area contributed by atoms with Gasteiger partial charge in [-0.3, -0.25) is 25.2 Å². The summed E-state index contributed by atoms with van der Waals surface area (Å²) in [5.41, 5.74) is 6.02.